The van der Waals surface area contributed by atoms with Gasteiger partial charge < -0.3 is 10.6 Å². The Labute approximate surface area is 142 Å². The zero-order valence-corrected chi connectivity index (χ0v) is 14.1. The van der Waals surface area contributed by atoms with Crippen molar-refractivity contribution in [3.8, 4) is 0 Å². The lowest BCUT2D eigenvalue weighted by molar-refractivity contribution is 0.0932. The number of carbonyl (C=O) groups is 1. The number of amides is 1. The molecule has 0 aliphatic carbocycles. The lowest BCUT2D eigenvalue weighted by atomic mass is 10.0. The number of rotatable bonds is 5. The molecule has 0 saturated heterocycles. The van der Waals surface area contributed by atoms with E-state index in [1.807, 2.05) is 25.1 Å². The number of halogens is 1. The molecule has 2 aromatic rings. The smallest absolute Gasteiger partial charge is 0.272 e. The average Bonchev–Trinajstić information content (AvgIpc) is 2.98. The minimum absolute atomic E-state index is 0. The van der Waals surface area contributed by atoms with Gasteiger partial charge >= 0.3 is 0 Å². The van der Waals surface area contributed by atoms with Gasteiger partial charge in [0.2, 0.25) is 0 Å². The summed E-state index contributed by atoms with van der Waals surface area (Å²) in [6.07, 6.45) is 2.78. The number of nitrogens with one attached hydrogen (secondary N) is 3. The Kier molecular flexibility index (Phi) is 6.19. The number of nitrogens with zero attached hydrogens (tertiary/aromatic N) is 1. The van der Waals surface area contributed by atoms with E-state index >= 15 is 0 Å². The molecule has 1 aromatic carbocycles. The minimum atomic E-state index is -0.0817. The molecule has 0 bridgehead atoms. The van der Waals surface area contributed by atoms with Gasteiger partial charge in [-0.15, -0.1) is 12.4 Å². The van der Waals surface area contributed by atoms with Crippen molar-refractivity contribution in [3.63, 3.8) is 0 Å². The molecule has 3 N–H and O–H groups in total. The summed E-state index contributed by atoms with van der Waals surface area (Å²) >= 11 is 0. The van der Waals surface area contributed by atoms with Crippen LogP contribution in [0.4, 0.5) is 0 Å². The van der Waals surface area contributed by atoms with Gasteiger partial charge in [-0.25, -0.2) is 0 Å². The van der Waals surface area contributed by atoms with Crippen LogP contribution in [0.5, 0.6) is 0 Å². The Bertz CT molecular complexity index is 641. The molecule has 1 unspecified atom stereocenters. The largest absolute Gasteiger partial charge is 0.348 e. The molecule has 1 atom stereocenters. The van der Waals surface area contributed by atoms with Crippen LogP contribution in [0.3, 0.4) is 0 Å². The topological polar surface area (TPSA) is 69.8 Å². The van der Waals surface area contributed by atoms with Crippen molar-refractivity contribution < 1.29 is 4.79 Å². The van der Waals surface area contributed by atoms with Gasteiger partial charge in [-0.1, -0.05) is 30.3 Å². The van der Waals surface area contributed by atoms with Crippen molar-refractivity contribution in [1.82, 2.24) is 20.8 Å². The van der Waals surface area contributed by atoms with E-state index < -0.39 is 0 Å². The van der Waals surface area contributed by atoms with Gasteiger partial charge in [0.05, 0.1) is 0 Å². The van der Waals surface area contributed by atoms with Gasteiger partial charge in [0, 0.05) is 36.8 Å². The summed E-state index contributed by atoms with van der Waals surface area (Å²) in [5.74, 6) is -0.0817. The third kappa shape index (κ3) is 4.33. The van der Waals surface area contributed by atoms with Crippen LogP contribution in [0.15, 0.2) is 30.3 Å². The van der Waals surface area contributed by atoms with Crippen LogP contribution in [0.2, 0.25) is 0 Å². The maximum absolute atomic E-state index is 12.4. The molecule has 6 heteroatoms. The normalized spacial score (nSPS) is 14.5. The predicted octanol–water partition coefficient (Wildman–Crippen LogP) is 2.23. The van der Waals surface area contributed by atoms with Crippen LogP contribution < -0.4 is 10.6 Å². The maximum Gasteiger partial charge on any atom is 0.272 e. The highest BCUT2D eigenvalue weighted by Gasteiger charge is 2.22. The Morgan fingerprint density at radius 2 is 2.13 bits per heavy atom. The summed E-state index contributed by atoms with van der Waals surface area (Å²) in [5.41, 5.74) is 3.93. The first-order valence-corrected chi connectivity index (χ1v) is 7.85. The monoisotopic (exact) mass is 334 g/mol. The standard InChI is InChI=1S/C17H22N4O.ClH/c1-12(7-8-13-5-3-2-4-6-13)19-17(22)16-14-11-18-10-9-15(14)20-21-16;/h2-6,12,18H,7-11H2,1H3,(H,19,22)(H,20,21);1H. The number of hydrogen-bond donors (Lipinski definition) is 3. The number of fused-ring (bicyclic) bond motifs is 1. The summed E-state index contributed by atoms with van der Waals surface area (Å²) in [4.78, 5) is 12.4. The van der Waals surface area contributed by atoms with Gasteiger partial charge in [0.25, 0.3) is 5.91 Å². The SMILES string of the molecule is CC(CCc1ccccc1)NC(=O)c1n[nH]c2c1CNCC2.Cl. The van der Waals surface area contributed by atoms with Crippen LogP contribution in [0.25, 0.3) is 0 Å². The van der Waals surface area contributed by atoms with E-state index in [0.29, 0.717) is 12.2 Å². The first-order valence-electron chi connectivity index (χ1n) is 7.85. The van der Waals surface area contributed by atoms with Crippen LogP contribution >= 0.6 is 12.4 Å². The Hall–Kier alpha value is -1.85. The Balaban J connectivity index is 0.00000192. The van der Waals surface area contributed by atoms with Gasteiger partial charge in [0.15, 0.2) is 5.69 Å². The Morgan fingerprint density at radius 1 is 1.35 bits per heavy atom. The number of aromatic nitrogens is 2. The van der Waals surface area contributed by atoms with Crippen LogP contribution in [-0.4, -0.2) is 28.7 Å². The summed E-state index contributed by atoms with van der Waals surface area (Å²) in [6.45, 7) is 3.69. The maximum atomic E-state index is 12.4. The van der Waals surface area contributed by atoms with Crippen molar-refractivity contribution in [3.05, 3.63) is 52.8 Å². The number of carbonyl (C=O) groups excluding carboxylic acids is 1. The molecule has 2 heterocycles. The number of H-pyrrole nitrogens is 1. The second-order valence-electron chi connectivity index (χ2n) is 5.85. The molecule has 23 heavy (non-hydrogen) atoms. The lowest BCUT2D eigenvalue weighted by Crippen LogP contribution is -2.34. The van der Waals surface area contributed by atoms with E-state index in [9.17, 15) is 4.79 Å². The van der Waals surface area contributed by atoms with Crippen molar-refractivity contribution in [1.29, 1.82) is 0 Å². The third-order valence-electron chi connectivity index (χ3n) is 4.11. The summed E-state index contributed by atoms with van der Waals surface area (Å²) < 4.78 is 0. The Morgan fingerprint density at radius 3 is 2.91 bits per heavy atom. The number of aryl methyl sites for hydroxylation is 1. The van der Waals surface area contributed by atoms with Crippen molar-refractivity contribution >= 4 is 18.3 Å². The van der Waals surface area contributed by atoms with E-state index in [0.717, 1.165) is 37.1 Å². The molecule has 1 aliphatic heterocycles. The molecule has 5 nitrogen and oxygen atoms in total. The molecule has 0 radical (unpaired) electrons. The van der Waals surface area contributed by atoms with Crippen LogP contribution in [-0.2, 0) is 19.4 Å². The average molecular weight is 335 g/mol. The van der Waals surface area contributed by atoms with E-state index in [4.69, 9.17) is 0 Å². The van der Waals surface area contributed by atoms with Crippen molar-refractivity contribution in [2.24, 2.45) is 0 Å². The zero-order chi connectivity index (χ0) is 15.4. The summed E-state index contributed by atoms with van der Waals surface area (Å²) in [6, 6.07) is 10.5. The van der Waals surface area contributed by atoms with Gasteiger partial charge in [-0.2, -0.15) is 5.10 Å². The molecule has 0 saturated carbocycles. The quantitative estimate of drug-likeness (QED) is 0.785. The van der Waals surface area contributed by atoms with Gasteiger partial charge in [-0.05, 0) is 25.3 Å². The number of benzene rings is 1. The molecule has 124 valence electrons. The molecule has 0 fully saturated rings. The van der Waals surface area contributed by atoms with Crippen LogP contribution in [0.1, 0.15) is 40.7 Å². The molecular weight excluding hydrogens is 312 g/mol. The first-order chi connectivity index (χ1) is 10.7. The highest BCUT2D eigenvalue weighted by atomic mass is 35.5. The fraction of sp³-hybridized carbons (Fsp3) is 0.412. The molecule has 1 aliphatic rings. The molecular formula is C17H23ClN4O. The highest BCUT2D eigenvalue weighted by molar-refractivity contribution is 5.94. The summed E-state index contributed by atoms with van der Waals surface area (Å²) in [7, 11) is 0. The second-order valence-corrected chi connectivity index (χ2v) is 5.85. The molecule has 1 amide bonds. The van der Waals surface area contributed by atoms with Gasteiger partial charge in [-0.3, -0.25) is 9.89 Å². The van der Waals surface area contributed by atoms with Gasteiger partial charge in [0.1, 0.15) is 0 Å². The highest BCUT2D eigenvalue weighted by Crippen LogP contribution is 2.15. The second kappa shape index (κ2) is 8.13. The zero-order valence-electron chi connectivity index (χ0n) is 13.3. The fourth-order valence-electron chi connectivity index (χ4n) is 2.81. The molecule has 0 spiro atoms. The minimum Gasteiger partial charge on any atom is -0.348 e. The van der Waals surface area contributed by atoms with E-state index in [1.165, 1.54) is 5.56 Å². The number of hydrogen-bond acceptors (Lipinski definition) is 3. The van der Waals surface area contributed by atoms with Crippen molar-refractivity contribution in [2.45, 2.75) is 38.8 Å². The van der Waals surface area contributed by atoms with E-state index in [-0.39, 0.29) is 24.4 Å². The summed E-state index contributed by atoms with van der Waals surface area (Å²) in [5, 5.41) is 13.5. The third-order valence-corrected chi connectivity index (χ3v) is 4.11. The lowest BCUT2D eigenvalue weighted by Gasteiger charge is -2.15. The fourth-order valence-corrected chi connectivity index (χ4v) is 2.81. The predicted molar refractivity (Wildman–Crippen MR) is 92.9 cm³/mol. The first kappa shape index (κ1) is 17.5. The number of aromatic amines is 1. The van der Waals surface area contributed by atoms with Crippen molar-refractivity contribution in [2.75, 3.05) is 6.54 Å². The van der Waals surface area contributed by atoms with E-state index in [1.54, 1.807) is 0 Å². The van der Waals surface area contributed by atoms with Crippen LogP contribution in [0, 0.1) is 0 Å². The molecule has 1 aromatic heterocycles. The molecule has 3 rings (SSSR count). The van der Waals surface area contributed by atoms with E-state index in [2.05, 4.69) is 33.0 Å².